The molecule has 0 fully saturated rings. The normalized spacial score (nSPS) is 22.9. The van der Waals surface area contributed by atoms with Crippen molar-refractivity contribution in [3.05, 3.63) is 29.3 Å². The van der Waals surface area contributed by atoms with Gasteiger partial charge < -0.3 is 15.6 Å². The zero-order chi connectivity index (χ0) is 11.7. The predicted octanol–water partition coefficient (Wildman–Crippen LogP) is 1.14. The molecular weight excluding hydrogens is 206 g/mol. The van der Waals surface area contributed by atoms with Crippen LogP contribution in [0.4, 0.5) is 0 Å². The Hall–Kier alpha value is -1.55. The van der Waals surface area contributed by atoms with Crippen molar-refractivity contribution in [3.8, 4) is 5.75 Å². The number of carboxylic acids is 1. The van der Waals surface area contributed by atoms with Crippen LogP contribution < -0.4 is 10.5 Å². The number of methoxy groups -OCH3 is 1. The summed E-state index contributed by atoms with van der Waals surface area (Å²) in [5, 5.41) is 8.86. The van der Waals surface area contributed by atoms with Crippen LogP contribution in [0.25, 0.3) is 0 Å². The van der Waals surface area contributed by atoms with Crippen LogP contribution in [-0.2, 0) is 11.2 Å². The highest BCUT2D eigenvalue weighted by atomic mass is 16.5. The van der Waals surface area contributed by atoms with E-state index in [9.17, 15) is 4.79 Å². The van der Waals surface area contributed by atoms with Crippen molar-refractivity contribution in [2.24, 2.45) is 5.73 Å². The molecule has 0 heterocycles. The van der Waals surface area contributed by atoms with Crippen LogP contribution >= 0.6 is 0 Å². The van der Waals surface area contributed by atoms with Gasteiger partial charge in [0.05, 0.1) is 13.5 Å². The van der Waals surface area contributed by atoms with Crippen molar-refractivity contribution in [2.75, 3.05) is 7.11 Å². The summed E-state index contributed by atoms with van der Waals surface area (Å²) in [7, 11) is 1.62. The van der Waals surface area contributed by atoms with Crippen molar-refractivity contribution in [2.45, 2.75) is 24.8 Å². The SMILES string of the molecule is COc1cccc2c1CC(N)C2CC(=O)O. The molecule has 2 rings (SSSR count). The first-order valence-corrected chi connectivity index (χ1v) is 5.26. The minimum absolute atomic E-state index is 0.0847. The summed E-state index contributed by atoms with van der Waals surface area (Å²) in [4.78, 5) is 10.8. The van der Waals surface area contributed by atoms with E-state index in [1.54, 1.807) is 7.11 Å². The van der Waals surface area contributed by atoms with Gasteiger partial charge in [0.2, 0.25) is 0 Å². The molecule has 0 saturated carbocycles. The number of ether oxygens (including phenoxy) is 1. The number of carboxylic acid groups (broad SMARTS) is 1. The molecule has 0 saturated heterocycles. The number of nitrogens with two attached hydrogens (primary N) is 1. The molecular formula is C12H15NO3. The van der Waals surface area contributed by atoms with Gasteiger partial charge >= 0.3 is 5.97 Å². The molecule has 2 atom stereocenters. The van der Waals surface area contributed by atoms with E-state index in [0.717, 1.165) is 16.9 Å². The standard InChI is InChI=1S/C12H15NO3/c1-16-11-4-2-3-7-8(6-12(14)15)10(13)5-9(7)11/h2-4,8,10H,5-6,13H2,1H3,(H,14,15). The van der Waals surface area contributed by atoms with Gasteiger partial charge in [0.1, 0.15) is 5.75 Å². The van der Waals surface area contributed by atoms with Gasteiger partial charge in [0, 0.05) is 12.0 Å². The van der Waals surface area contributed by atoms with Crippen LogP contribution in [0.1, 0.15) is 23.5 Å². The van der Waals surface area contributed by atoms with E-state index in [1.807, 2.05) is 18.2 Å². The first kappa shape index (κ1) is 11.0. The number of rotatable bonds is 3. The Kier molecular flexibility index (Phi) is 2.83. The number of fused-ring (bicyclic) bond motifs is 1. The van der Waals surface area contributed by atoms with Gasteiger partial charge in [-0.3, -0.25) is 4.79 Å². The third-order valence-electron chi connectivity index (χ3n) is 3.14. The topological polar surface area (TPSA) is 72.5 Å². The summed E-state index contributed by atoms with van der Waals surface area (Å²) in [6, 6.07) is 5.58. The Morgan fingerprint density at radius 2 is 2.38 bits per heavy atom. The lowest BCUT2D eigenvalue weighted by atomic mass is 9.95. The largest absolute Gasteiger partial charge is 0.496 e. The molecule has 1 aliphatic rings. The van der Waals surface area contributed by atoms with Crippen LogP contribution in [0.5, 0.6) is 5.75 Å². The van der Waals surface area contributed by atoms with Crippen LogP contribution in [0.2, 0.25) is 0 Å². The number of carbonyl (C=O) groups is 1. The van der Waals surface area contributed by atoms with E-state index in [4.69, 9.17) is 15.6 Å². The molecule has 0 radical (unpaired) electrons. The highest BCUT2D eigenvalue weighted by Crippen LogP contribution is 2.39. The number of benzene rings is 1. The number of hydrogen-bond donors (Lipinski definition) is 2. The average molecular weight is 221 g/mol. The predicted molar refractivity (Wildman–Crippen MR) is 59.7 cm³/mol. The zero-order valence-corrected chi connectivity index (χ0v) is 9.14. The van der Waals surface area contributed by atoms with E-state index in [0.29, 0.717) is 6.42 Å². The third-order valence-corrected chi connectivity index (χ3v) is 3.14. The lowest BCUT2D eigenvalue weighted by molar-refractivity contribution is -0.137. The molecule has 0 aromatic heterocycles. The maximum atomic E-state index is 10.8. The quantitative estimate of drug-likeness (QED) is 0.802. The minimum atomic E-state index is -0.809. The summed E-state index contributed by atoms with van der Waals surface area (Å²) in [6.45, 7) is 0. The van der Waals surface area contributed by atoms with Gasteiger partial charge in [-0.05, 0) is 23.6 Å². The van der Waals surface area contributed by atoms with Crippen molar-refractivity contribution in [1.82, 2.24) is 0 Å². The number of aliphatic carboxylic acids is 1. The van der Waals surface area contributed by atoms with Gasteiger partial charge in [-0.25, -0.2) is 0 Å². The molecule has 4 nitrogen and oxygen atoms in total. The lowest BCUT2D eigenvalue weighted by Crippen LogP contribution is -2.26. The first-order valence-electron chi connectivity index (χ1n) is 5.26. The van der Waals surface area contributed by atoms with Crippen molar-refractivity contribution in [3.63, 3.8) is 0 Å². The molecule has 86 valence electrons. The summed E-state index contributed by atoms with van der Waals surface area (Å²) in [5.74, 6) is -0.0976. The molecule has 1 aromatic rings. The molecule has 4 heteroatoms. The fraction of sp³-hybridized carbons (Fsp3) is 0.417. The van der Waals surface area contributed by atoms with Gasteiger partial charge in [-0.2, -0.15) is 0 Å². The Balaban J connectivity index is 2.37. The Morgan fingerprint density at radius 3 is 3.00 bits per heavy atom. The fourth-order valence-electron chi connectivity index (χ4n) is 2.40. The van der Waals surface area contributed by atoms with E-state index in [1.165, 1.54) is 0 Å². The van der Waals surface area contributed by atoms with Crippen LogP contribution in [0.3, 0.4) is 0 Å². The van der Waals surface area contributed by atoms with Crippen molar-refractivity contribution < 1.29 is 14.6 Å². The highest BCUT2D eigenvalue weighted by Gasteiger charge is 2.33. The second-order valence-electron chi connectivity index (χ2n) is 4.10. The van der Waals surface area contributed by atoms with Crippen molar-refractivity contribution >= 4 is 5.97 Å². The van der Waals surface area contributed by atoms with Gasteiger partial charge in [-0.1, -0.05) is 12.1 Å². The second-order valence-corrected chi connectivity index (χ2v) is 4.10. The monoisotopic (exact) mass is 221 g/mol. The van der Waals surface area contributed by atoms with E-state index >= 15 is 0 Å². The van der Waals surface area contributed by atoms with Crippen LogP contribution in [-0.4, -0.2) is 24.2 Å². The maximum absolute atomic E-state index is 10.8. The zero-order valence-electron chi connectivity index (χ0n) is 9.14. The molecule has 0 aliphatic heterocycles. The summed E-state index contributed by atoms with van der Waals surface area (Å²) < 4.78 is 5.26. The first-order chi connectivity index (χ1) is 7.63. The van der Waals surface area contributed by atoms with Crippen LogP contribution in [0, 0.1) is 0 Å². The second kappa shape index (κ2) is 4.14. The van der Waals surface area contributed by atoms with Gasteiger partial charge in [-0.15, -0.1) is 0 Å². The average Bonchev–Trinajstić information content (AvgIpc) is 2.55. The molecule has 16 heavy (non-hydrogen) atoms. The fourth-order valence-corrected chi connectivity index (χ4v) is 2.40. The third kappa shape index (κ3) is 1.76. The van der Waals surface area contributed by atoms with Gasteiger partial charge in [0.15, 0.2) is 0 Å². The summed E-state index contributed by atoms with van der Waals surface area (Å²) in [5.41, 5.74) is 8.06. The van der Waals surface area contributed by atoms with E-state index < -0.39 is 5.97 Å². The van der Waals surface area contributed by atoms with Gasteiger partial charge in [0.25, 0.3) is 0 Å². The Morgan fingerprint density at radius 1 is 1.62 bits per heavy atom. The minimum Gasteiger partial charge on any atom is -0.496 e. The lowest BCUT2D eigenvalue weighted by Gasteiger charge is -2.13. The molecule has 0 amide bonds. The summed E-state index contributed by atoms with van der Waals surface area (Å²) in [6.07, 6.45) is 0.776. The maximum Gasteiger partial charge on any atom is 0.304 e. The highest BCUT2D eigenvalue weighted by molar-refractivity contribution is 5.69. The molecule has 2 unspecified atom stereocenters. The molecule has 1 aliphatic carbocycles. The van der Waals surface area contributed by atoms with Crippen LogP contribution in [0.15, 0.2) is 18.2 Å². The van der Waals surface area contributed by atoms with E-state index in [-0.39, 0.29) is 18.4 Å². The Bertz CT molecular complexity index is 417. The van der Waals surface area contributed by atoms with E-state index in [2.05, 4.69) is 0 Å². The molecule has 1 aromatic carbocycles. The molecule has 0 spiro atoms. The smallest absolute Gasteiger partial charge is 0.304 e. The Labute approximate surface area is 94.0 Å². The molecule has 0 bridgehead atoms. The van der Waals surface area contributed by atoms with Crippen molar-refractivity contribution in [1.29, 1.82) is 0 Å². The molecule has 3 N–H and O–H groups in total. The summed E-state index contributed by atoms with van der Waals surface area (Å²) >= 11 is 0. The number of hydrogen-bond acceptors (Lipinski definition) is 3.